The van der Waals surface area contributed by atoms with E-state index in [9.17, 15) is 4.79 Å². The van der Waals surface area contributed by atoms with Gasteiger partial charge in [0.05, 0.1) is 16.7 Å². The van der Waals surface area contributed by atoms with Gasteiger partial charge < -0.3 is 4.74 Å². The van der Waals surface area contributed by atoms with Crippen molar-refractivity contribution in [1.82, 2.24) is 0 Å². The van der Waals surface area contributed by atoms with Crippen LogP contribution in [0.1, 0.15) is 20.3 Å². The number of benzene rings is 1. The summed E-state index contributed by atoms with van der Waals surface area (Å²) in [5, 5.41) is 8.48. The molecule has 8 heteroatoms. The molecule has 0 aliphatic rings. The standard InChI is InChI=1S/C12H12Cl4N2O2/c1-3-12(16,11(19)20-4-2)18-17-10-8(14)5-7(13)6-9(10)15/h5-6H,3-4H2,1-2H3. The first-order valence-corrected chi connectivity index (χ1v) is 7.28. The summed E-state index contributed by atoms with van der Waals surface area (Å²) in [6.07, 6.45) is 0.208. The molecule has 0 heterocycles. The number of hydrogen-bond acceptors (Lipinski definition) is 4. The second-order valence-electron chi connectivity index (χ2n) is 3.75. The summed E-state index contributed by atoms with van der Waals surface area (Å²) >= 11 is 23.8. The number of hydrogen-bond donors (Lipinski definition) is 0. The summed E-state index contributed by atoms with van der Waals surface area (Å²) < 4.78 is 4.85. The normalized spacial score (nSPS) is 14.3. The molecule has 1 aromatic carbocycles. The minimum absolute atomic E-state index is 0.195. The van der Waals surface area contributed by atoms with Crippen LogP contribution in [0.5, 0.6) is 0 Å². The predicted octanol–water partition coefficient (Wildman–Crippen LogP) is 5.64. The molecule has 1 rings (SSSR count). The number of esters is 1. The maximum Gasteiger partial charge on any atom is 0.351 e. The van der Waals surface area contributed by atoms with Crippen LogP contribution in [-0.4, -0.2) is 17.6 Å². The van der Waals surface area contributed by atoms with Crippen molar-refractivity contribution in [2.45, 2.75) is 25.3 Å². The zero-order valence-corrected chi connectivity index (χ0v) is 13.8. The van der Waals surface area contributed by atoms with Gasteiger partial charge in [0.15, 0.2) is 0 Å². The van der Waals surface area contributed by atoms with Crippen LogP contribution in [0.25, 0.3) is 0 Å². The lowest BCUT2D eigenvalue weighted by Gasteiger charge is -2.17. The van der Waals surface area contributed by atoms with Crippen molar-refractivity contribution in [2.24, 2.45) is 10.2 Å². The molecule has 0 bridgehead atoms. The van der Waals surface area contributed by atoms with Gasteiger partial charge in [0.25, 0.3) is 5.00 Å². The Bertz CT molecular complexity index is 513. The smallest absolute Gasteiger partial charge is 0.351 e. The number of rotatable bonds is 5. The van der Waals surface area contributed by atoms with Gasteiger partial charge in [0, 0.05) is 5.02 Å². The monoisotopic (exact) mass is 356 g/mol. The van der Waals surface area contributed by atoms with Gasteiger partial charge >= 0.3 is 5.97 Å². The van der Waals surface area contributed by atoms with Crippen LogP contribution < -0.4 is 0 Å². The summed E-state index contributed by atoms with van der Waals surface area (Å²) in [5.41, 5.74) is 0.195. The molecule has 0 fully saturated rings. The molecule has 0 N–H and O–H groups in total. The molecule has 4 nitrogen and oxygen atoms in total. The van der Waals surface area contributed by atoms with Crippen molar-refractivity contribution in [1.29, 1.82) is 0 Å². The molecule has 1 aromatic rings. The van der Waals surface area contributed by atoms with Crippen LogP contribution in [0.3, 0.4) is 0 Å². The third kappa shape index (κ3) is 4.22. The number of carbonyl (C=O) groups is 1. The van der Waals surface area contributed by atoms with Crippen molar-refractivity contribution in [3.63, 3.8) is 0 Å². The minimum Gasteiger partial charge on any atom is -0.463 e. The molecule has 0 amide bonds. The zero-order valence-electron chi connectivity index (χ0n) is 10.8. The highest BCUT2D eigenvalue weighted by Gasteiger charge is 2.36. The molecule has 0 radical (unpaired) electrons. The highest BCUT2D eigenvalue weighted by Crippen LogP contribution is 2.37. The number of azo groups is 1. The fourth-order valence-electron chi connectivity index (χ4n) is 1.26. The van der Waals surface area contributed by atoms with Gasteiger partial charge in [-0.05, 0) is 25.5 Å². The minimum atomic E-state index is -1.59. The lowest BCUT2D eigenvalue weighted by molar-refractivity contribution is -0.146. The van der Waals surface area contributed by atoms with Gasteiger partial charge in [-0.1, -0.05) is 53.3 Å². The van der Waals surface area contributed by atoms with Gasteiger partial charge in [-0.2, -0.15) is 10.2 Å². The summed E-state index contributed by atoms with van der Waals surface area (Å²) in [5.74, 6) is -0.672. The van der Waals surface area contributed by atoms with Crippen molar-refractivity contribution >= 4 is 58.1 Å². The molecule has 1 atom stereocenters. The van der Waals surface area contributed by atoms with Gasteiger partial charge in [-0.15, -0.1) is 0 Å². The molecule has 20 heavy (non-hydrogen) atoms. The molecular weight excluding hydrogens is 346 g/mol. The zero-order chi connectivity index (χ0) is 15.3. The molecule has 110 valence electrons. The summed E-state index contributed by atoms with van der Waals surface area (Å²) in [4.78, 5) is 10.2. The number of nitrogens with zero attached hydrogens (tertiary/aromatic N) is 2. The fourth-order valence-corrected chi connectivity index (χ4v) is 2.24. The Labute approximate surface area is 137 Å². The van der Waals surface area contributed by atoms with Crippen LogP contribution >= 0.6 is 46.4 Å². The Kier molecular flexibility index (Phi) is 6.52. The molecule has 0 saturated heterocycles. The molecule has 0 spiro atoms. The van der Waals surface area contributed by atoms with Gasteiger partial charge in [0.1, 0.15) is 5.69 Å². The number of alkyl halides is 1. The van der Waals surface area contributed by atoms with Gasteiger partial charge in [-0.3, -0.25) is 0 Å². The number of halogens is 4. The lowest BCUT2D eigenvalue weighted by Crippen LogP contribution is -2.31. The van der Waals surface area contributed by atoms with Crippen molar-refractivity contribution in [2.75, 3.05) is 6.61 Å². The first-order valence-electron chi connectivity index (χ1n) is 5.77. The third-order valence-electron chi connectivity index (χ3n) is 2.35. The average molecular weight is 358 g/mol. The van der Waals surface area contributed by atoms with Crippen LogP contribution in [0.15, 0.2) is 22.4 Å². The third-order valence-corrected chi connectivity index (χ3v) is 3.64. The van der Waals surface area contributed by atoms with E-state index in [2.05, 4.69) is 10.2 Å². The van der Waals surface area contributed by atoms with Crippen molar-refractivity contribution < 1.29 is 9.53 Å². The van der Waals surface area contributed by atoms with E-state index in [1.807, 2.05) is 0 Å². The van der Waals surface area contributed by atoms with E-state index in [-0.39, 0.29) is 28.8 Å². The summed E-state index contributed by atoms with van der Waals surface area (Å²) in [7, 11) is 0. The highest BCUT2D eigenvalue weighted by molar-refractivity contribution is 6.41. The largest absolute Gasteiger partial charge is 0.463 e. The number of ether oxygens (including phenoxy) is 1. The van der Waals surface area contributed by atoms with Crippen LogP contribution in [0, 0.1) is 0 Å². The quantitative estimate of drug-likeness (QED) is 0.296. The first kappa shape index (κ1) is 17.5. The maximum atomic E-state index is 11.7. The average Bonchev–Trinajstić information content (AvgIpc) is 2.37. The topological polar surface area (TPSA) is 51.0 Å². The molecule has 0 aliphatic heterocycles. The summed E-state index contributed by atoms with van der Waals surface area (Å²) in [6, 6.07) is 2.94. The Hall–Kier alpha value is -0.550. The van der Waals surface area contributed by atoms with Crippen LogP contribution in [-0.2, 0) is 9.53 Å². The maximum absolute atomic E-state index is 11.7. The van der Waals surface area contributed by atoms with E-state index >= 15 is 0 Å². The Morgan fingerprint density at radius 2 is 1.80 bits per heavy atom. The van der Waals surface area contributed by atoms with E-state index in [0.717, 1.165) is 0 Å². The number of carbonyl (C=O) groups excluding carboxylic acids is 1. The second-order valence-corrected chi connectivity index (χ2v) is 5.63. The second kappa shape index (κ2) is 7.46. The van der Waals surface area contributed by atoms with E-state index in [1.165, 1.54) is 12.1 Å². The Morgan fingerprint density at radius 1 is 1.25 bits per heavy atom. The Balaban J connectivity index is 3.10. The molecule has 1 unspecified atom stereocenters. The van der Waals surface area contributed by atoms with Crippen LogP contribution in [0.2, 0.25) is 15.1 Å². The van der Waals surface area contributed by atoms with E-state index in [1.54, 1.807) is 13.8 Å². The van der Waals surface area contributed by atoms with E-state index in [4.69, 9.17) is 51.1 Å². The van der Waals surface area contributed by atoms with E-state index in [0.29, 0.717) is 5.02 Å². The first-order chi connectivity index (χ1) is 9.34. The van der Waals surface area contributed by atoms with Crippen LogP contribution in [0.4, 0.5) is 5.69 Å². The lowest BCUT2D eigenvalue weighted by atomic mass is 10.2. The van der Waals surface area contributed by atoms with Crippen molar-refractivity contribution in [3.05, 3.63) is 27.2 Å². The molecule has 0 aromatic heterocycles. The van der Waals surface area contributed by atoms with Gasteiger partial charge in [-0.25, -0.2) is 4.79 Å². The van der Waals surface area contributed by atoms with Gasteiger partial charge in [0.2, 0.25) is 0 Å². The predicted molar refractivity (Wildman–Crippen MR) is 81.5 cm³/mol. The Morgan fingerprint density at radius 3 is 2.25 bits per heavy atom. The highest BCUT2D eigenvalue weighted by atomic mass is 35.5. The summed E-state index contributed by atoms with van der Waals surface area (Å²) in [6.45, 7) is 3.56. The van der Waals surface area contributed by atoms with E-state index < -0.39 is 11.0 Å². The van der Waals surface area contributed by atoms with Crippen molar-refractivity contribution in [3.8, 4) is 0 Å². The SMILES string of the molecule is CCOC(=O)C(Cl)(CC)N=Nc1c(Cl)cc(Cl)cc1Cl. The molecule has 0 saturated carbocycles. The molecule has 0 aliphatic carbocycles. The fraction of sp³-hybridized carbons (Fsp3) is 0.417. The molecular formula is C12H12Cl4N2O2.